The Morgan fingerprint density at radius 3 is 2.70 bits per heavy atom. The molecule has 0 radical (unpaired) electrons. The van der Waals surface area contributed by atoms with Crippen molar-refractivity contribution in [3.63, 3.8) is 0 Å². The molecule has 1 aromatic carbocycles. The Balaban J connectivity index is 2.36. The normalized spacial score (nSPS) is 11.1. The first kappa shape index (κ1) is 16.6. The molecule has 0 aromatic heterocycles. The molecule has 0 saturated carbocycles. The number of alkyl halides is 3. The molecule has 4 nitrogen and oxygen atoms in total. The van der Waals surface area contributed by atoms with Crippen LogP contribution in [0.25, 0.3) is 0 Å². The lowest BCUT2D eigenvalue weighted by Gasteiger charge is -2.10. The molecule has 20 heavy (non-hydrogen) atoms. The number of hydrogen-bond acceptors (Lipinski definition) is 3. The minimum Gasteiger partial charge on any atom is -0.496 e. The molecule has 0 bridgehead atoms. The van der Waals surface area contributed by atoms with Gasteiger partial charge in [-0.3, -0.25) is 0 Å². The maximum atomic E-state index is 11.7. The van der Waals surface area contributed by atoms with Crippen LogP contribution in [0, 0.1) is 0 Å². The summed E-state index contributed by atoms with van der Waals surface area (Å²) in [6.45, 7) is 0.0775. The van der Waals surface area contributed by atoms with E-state index < -0.39 is 12.5 Å². The number of benzene rings is 1. The van der Waals surface area contributed by atoms with Gasteiger partial charge in [0, 0.05) is 11.0 Å². The average Bonchev–Trinajstić information content (AvgIpc) is 2.33. The van der Waals surface area contributed by atoms with Gasteiger partial charge in [0.2, 0.25) is 0 Å². The summed E-state index contributed by atoms with van der Waals surface area (Å²) in [6, 6.07) is 5.47. The Hall–Kier alpha value is -1.44. The fraction of sp³-hybridized carbons (Fsp3) is 0.417. The first-order valence-electron chi connectivity index (χ1n) is 5.68. The van der Waals surface area contributed by atoms with Crippen molar-refractivity contribution in [2.24, 2.45) is 0 Å². The molecule has 0 aliphatic heterocycles. The number of halogens is 4. The number of nitrogens with one attached hydrogen (secondary N) is 1. The number of alkyl carbamates (subject to hydrolysis) is 1. The highest BCUT2D eigenvalue weighted by molar-refractivity contribution is 9.10. The zero-order valence-corrected chi connectivity index (χ0v) is 12.2. The zero-order chi connectivity index (χ0) is 15.2. The molecule has 0 aliphatic carbocycles. The standard InChI is InChI=1S/C12H13BrF3NO3/c1-19-10-7-9(13)5-4-8(10)3-2-6-17-11(18)20-12(14,15)16/h4-5,7H,2-3,6H2,1H3,(H,17,18). The van der Waals surface area contributed by atoms with E-state index in [1.807, 2.05) is 17.4 Å². The quantitative estimate of drug-likeness (QED) is 0.820. The van der Waals surface area contributed by atoms with Crippen molar-refractivity contribution in [1.82, 2.24) is 5.32 Å². The second-order valence-electron chi connectivity index (χ2n) is 3.82. The third-order valence-corrected chi connectivity index (χ3v) is 2.84. The maximum absolute atomic E-state index is 11.7. The van der Waals surface area contributed by atoms with Crippen molar-refractivity contribution in [2.45, 2.75) is 19.2 Å². The third-order valence-electron chi connectivity index (χ3n) is 2.35. The highest BCUT2D eigenvalue weighted by atomic mass is 79.9. The highest BCUT2D eigenvalue weighted by Gasteiger charge is 2.33. The van der Waals surface area contributed by atoms with Crippen molar-refractivity contribution >= 4 is 22.0 Å². The molecule has 1 amide bonds. The molecule has 1 aromatic rings. The van der Waals surface area contributed by atoms with E-state index in [4.69, 9.17) is 4.74 Å². The van der Waals surface area contributed by atoms with Gasteiger partial charge in [0.05, 0.1) is 7.11 Å². The van der Waals surface area contributed by atoms with Crippen molar-refractivity contribution in [2.75, 3.05) is 13.7 Å². The molecular weight excluding hydrogens is 343 g/mol. The van der Waals surface area contributed by atoms with Gasteiger partial charge in [-0.2, -0.15) is 0 Å². The van der Waals surface area contributed by atoms with Crippen LogP contribution in [-0.4, -0.2) is 26.1 Å². The summed E-state index contributed by atoms with van der Waals surface area (Å²) in [4.78, 5) is 10.8. The molecular formula is C12H13BrF3NO3. The topological polar surface area (TPSA) is 47.6 Å². The SMILES string of the molecule is COc1cc(Br)ccc1CCCNC(=O)OC(F)(F)F. The van der Waals surface area contributed by atoms with E-state index >= 15 is 0 Å². The molecule has 1 rings (SSSR count). The van der Waals surface area contributed by atoms with Crippen molar-refractivity contribution in [3.8, 4) is 5.75 Å². The van der Waals surface area contributed by atoms with Crippen LogP contribution in [0.2, 0.25) is 0 Å². The van der Waals surface area contributed by atoms with Gasteiger partial charge in [-0.1, -0.05) is 22.0 Å². The van der Waals surface area contributed by atoms with Gasteiger partial charge in [0.15, 0.2) is 0 Å². The number of amides is 1. The average molecular weight is 356 g/mol. The minimum atomic E-state index is -4.96. The molecule has 112 valence electrons. The van der Waals surface area contributed by atoms with Crippen molar-refractivity contribution in [3.05, 3.63) is 28.2 Å². The molecule has 0 spiro atoms. The number of ether oxygens (including phenoxy) is 2. The summed E-state index contributed by atoms with van der Waals surface area (Å²) in [7, 11) is 1.53. The van der Waals surface area contributed by atoms with Crippen molar-refractivity contribution < 1.29 is 27.4 Å². The summed E-state index contributed by atoms with van der Waals surface area (Å²) in [5.74, 6) is 0.678. The second kappa shape index (κ2) is 7.37. The predicted octanol–water partition coefficient (Wildman–Crippen LogP) is 3.64. The van der Waals surface area contributed by atoms with Gasteiger partial charge >= 0.3 is 12.5 Å². The summed E-state index contributed by atoms with van der Waals surface area (Å²) in [5.41, 5.74) is 0.904. The van der Waals surface area contributed by atoms with Crippen molar-refractivity contribution in [1.29, 1.82) is 0 Å². The molecule has 0 heterocycles. The summed E-state index contributed by atoms with van der Waals surface area (Å²) in [5, 5.41) is 2.03. The molecule has 0 atom stereocenters. The van der Waals surface area contributed by atoms with E-state index in [1.54, 1.807) is 6.07 Å². The Kier molecular flexibility index (Phi) is 6.12. The Morgan fingerprint density at radius 1 is 1.40 bits per heavy atom. The fourth-order valence-corrected chi connectivity index (χ4v) is 1.88. The number of rotatable bonds is 5. The number of carbonyl (C=O) groups excluding carboxylic acids is 1. The highest BCUT2D eigenvalue weighted by Crippen LogP contribution is 2.24. The summed E-state index contributed by atoms with van der Waals surface area (Å²) < 4.78 is 44.4. The summed E-state index contributed by atoms with van der Waals surface area (Å²) >= 11 is 3.31. The summed E-state index contributed by atoms with van der Waals surface area (Å²) in [6.07, 6.45) is -5.44. The van der Waals surface area contributed by atoms with E-state index in [0.717, 1.165) is 10.0 Å². The van der Waals surface area contributed by atoms with Crippen LogP contribution in [0.1, 0.15) is 12.0 Å². The van der Waals surface area contributed by atoms with Gasteiger partial charge < -0.3 is 14.8 Å². The number of hydrogen-bond donors (Lipinski definition) is 1. The molecule has 0 aliphatic rings. The molecule has 1 N–H and O–H groups in total. The van der Waals surface area contributed by atoms with Crippen LogP contribution in [0.5, 0.6) is 5.75 Å². The van der Waals surface area contributed by atoms with E-state index in [-0.39, 0.29) is 6.54 Å². The van der Waals surface area contributed by atoms with Gasteiger partial charge in [0.25, 0.3) is 0 Å². The van der Waals surface area contributed by atoms with E-state index in [0.29, 0.717) is 18.6 Å². The monoisotopic (exact) mass is 355 g/mol. The molecule has 0 unspecified atom stereocenters. The maximum Gasteiger partial charge on any atom is 0.576 e. The molecule has 8 heteroatoms. The number of carbonyl (C=O) groups is 1. The fourth-order valence-electron chi connectivity index (χ4n) is 1.54. The first-order chi connectivity index (χ1) is 9.31. The lowest BCUT2D eigenvalue weighted by molar-refractivity contribution is -0.291. The first-order valence-corrected chi connectivity index (χ1v) is 6.47. The predicted molar refractivity (Wildman–Crippen MR) is 69.6 cm³/mol. The van der Waals surface area contributed by atoms with E-state index in [2.05, 4.69) is 20.7 Å². The van der Waals surface area contributed by atoms with Crippen LogP contribution in [-0.2, 0) is 11.2 Å². The largest absolute Gasteiger partial charge is 0.576 e. The number of methoxy groups -OCH3 is 1. The molecule has 0 fully saturated rings. The lowest BCUT2D eigenvalue weighted by atomic mass is 10.1. The minimum absolute atomic E-state index is 0.0775. The second-order valence-corrected chi connectivity index (χ2v) is 4.74. The van der Waals surface area contributed by atoms with Gasteiger partial charge in [-0.25, -0.2) is 4.79 Å². The van der Waals surface area contributed by atoms with Crippen LogP contribution in [0.15, 0.2) is 22.7 Å². The van der Waals surface area contributed by atoms with Crippen LogP contribution in [0.3, 0.4) is 0 Å². The molecule has 0 saturated heterocycles. The van der Waals surface area contributed by atoms with E-state index in [9.17, 15) is 18.0 Å². The van der Waals surface area contributed by atoms with Gasteiger partial charge in [-0.15, -0.1) is 13.2 Å². The smallest absolute Gasteiger partial charge is 0.496 e. The third kappa shape index (κ3) is 6.14. The Labute approximate surface area is 122 Å². The Bertz CT molecular complexity index is 466. The van der Waals surface area contributed by atoms with Crippen LogP contribution >= 0.6 is 15.9 Å². The van der Waals surface area contributed by atoms with Gasteiger partial charge in [0.1, 0.15) is 5.75 Å². The lowest BCUT2D eigenvalue weighted by Crippen LogP contribution is -2.31. The zero-order valence-electron chi connectivity index (χ0n) is 10.6. The van der Waals surface area contributed by atoms with Crippen LogP contribution < -0.4 is 10.1 Å². The number of aryl methyl sites for hydroxylation is 1. The van der Waals surface area contributed by atoms with Crippen LogP contribution in [0.4, 0.5) is 18.0 Å². The van der Waals surface area contributed by atoms with Gasteiger partial charge in [-0.05, 0) is 30.5 Å². The Morgan fingerprint density at radius 2 is 2.10 bits per heavy atom. The van der Waals surface area contributed by atoms with E-state index in [1.165, 1.54) is 7.11 Å².